The maximum atomic E-state index is 11.7. The number of carbonyl (C=O) groups is 1. The van der Waals surface area contributed by atoms with Gasteiger partial charge >= 0.3 is 0 Å². The average molecular weight is 331 g/mol. The topological polar surface area (TPSA) is 42.0 Å². The molecule has 0 radical (unpaired) electrons. The number of aromatic nitrogens is 1. The van der Waals surface area contributed by atoms with Crippen molar-refractivity contribution in [3.8, 4) is 0 Å². The number of pyridine rings is 1. The van der Waals surface area contributed by atoms with Gasteiger partial charge < -0.3 is 5.32 Å². The molecular formula is C13H19BrN2OS. The van der Waals surface area contributed by atoms with Crippen molar-refractivity contribution in [2.75, 3.05) is 18.6 Å². The minimum atomic E-state index is -0.0425. The number of hydrogen-bond acceptors (Lipinski definition) is 3. The first-order valence-electron chi connectivity index (χ1n) is 6.12. The van der Waals surface area contributed by atoms with Crippen molar-refractivity contribution in [1.29, 1.82) is 0 Å². The van der Waals surface area contributed by atoms with Gasteiger partial charge in [-0.25, -0.2) is 4.98 Å². The van der Waals surface area contributed by atoms with Gasteiger partial charge in [0.05, 0.1) is 5.56 Å². The lowest BCUT2D eigenvalue weighted by Crippen LogP contribution is -2.24. The van der Waals surface area contributed by atoms with Gasteiger partial charge in [-0.1, -0.05) is 12.8 Å². The van der Waals surface area contributed by atoms with Crippen LogP contribution in [0.5, 0.6) is 0 Å². The van der Waals surface area contributed by atoms with Gasteiger partial charge in [-0.2, -0.15) is 11.8 Å². The fourth-order valence-electron chi connectivity index (χ4n) is 1.54. The molecule has 0 atom stereocenters. The molecule has 0 aliphatic rings. The quantitative estimate of drug-likeness (QED) is 0.586. The Bertz CT molecular complexity index is 357. The molecule has 0 saturated carbocycles. The maximum Gasteiger partial charge on any atom is 0.252 e. The first-order valence-corrected chi connectivity index (χ1v) is 8.31. The summed E-state index contributed by atoms with van der Waals surface area (Å²) in [4.78, 5) is 15.8. The summed E-state index contributed by atoms with van der Waals surface area (Å²) >= 11 is 5.13. The van der Waals surface area contributed by atoms with E-state index in [1.165, 1.54) is 25.0 Å². The molecular weight excluding hydrogens is 312 g/mol. The van der Waals surface area contributed by atoms with E-state index in [0.29, 0.717) is 5.56 Å². The molecule has 0 aromatic carbocycles. The zero-order chi connectivity index (χ0) is 13.2. The van der Waals surface area contributed by atoms with Crippen molar-refractivity contribution in [3.63, 3.8) is 0 Å². The molecule has 5 heteroatoms. The number of rotatable bonds is 8. The van der Waals surface area contributed by atoms with Gasteiger partial charge in [-0.3, -0.25) is 4.79 Å². The van der Waals surface area contributed by atoms with E-state index in [-0.39, 0.29) is 5.91 Å². The number of hydrogen-bond donors (Lipinski definition) is 1. The number of carbonyl (C=O) groups excluding carboxylic acids is 1. The SMILES string of the molecule is CSCCCCCCNC(=O)c1ccc(Br)nc1. The van der Waals surface area contributed by atoms with Gasteiger partial charge in [0.25, 0.3) is 5.91 Å². The molecule has 0 spiro atoms. The van der Waals surface area contributed by atoms with Crippen LogP contribution in [0.1, 0.15) is 36.0 Å². The van der Waals surface area contributed by atoms with Crippen molar-refractivity contribution >= 4 is 33.6 Å². The smallest absolute Gasteiger partial charge is 0.252 e. The Morgan fingerprint density at radius 2 is 2.11 bits per heavy atom. The molecule has 1 N–H and O–H groups in total. The van der Waals surface area contributed by atoms with Crippen molar-refractivity contribution in [3.05, 3.63) is 28.5 Å². The second-order valence-electron chi connectivity index (χ2n) is 4.03. The van der Waals surface area contributed by atoms with Crippen molar-refractivity contribution in [2.45, 2.75) is 25.7 Å². The summed E-state index contributed by atoms with van der Waals surface area (Å²) in [5.74, 6) is 1.19. The van der Waals surface area contributed by atoms with E-state index in [2.05, 4.69) is 32.5 Å². The van der Waals surface area contributed by atoms with E-state index in [1.54, 1.807) is 18.3 Å². The summed E-state index contributed by atoms with van der Waals surface area (Å²) in [6, 6.07) is 3.54. The molecule has 0 aliphatic heterocycles. The highest BCUT2D eigenvalue weighted by molar-refractivity contribution is 9.10. The second kappa shape index (κ2) is 9.39. The number of amides is 1. The van der Waals surface area contributed by atoms with E-state index in [4.69, 9.17) is 0 Å². The molecule has 0 fully saturated rings. The van der Waals surface area contributed by atoms with Crippen molar-refractivity contribution in [2.24, 2.45) is 0 Å². The molecule has 100 valence electrons. The summed E-state index contributed by atoms with van der Waals surface area (Å²) in [7, 11) is 0. The lowest BCUT2D eigenvalue weighted by molar-refractivity contribution is 0.0952. The van der Waals surface area contributed by atoms with E-state index in [9.17, 15) is 4.79 Å². The fraction of sp³-hybridized carbons (Fsp3) is 0.538. The molecule has 1 aromatic rings. The van der Waals surface area contributed by atoms with Crippen LogP contribution in [0.15, 0.2) is 22.9 Å². The number of unbranched alkanes of at least 4 members (excludes halogenated alkanes) is 3. The van der Waals surface area contributed by atoms with Crippen molar-refractivity contribution in [1.82, 2.24) is 10.3 Å². The van der Waals surface area contributed by atoms with Crippen molar-refractivity contribution < 1.29 is 4.79 Å². The second-order valence-corrected chi connectivity index (χ2v) is 5.83. The van der Waals surface area contributed by atoms with E-state index < -0.39 is 0 Å². The molecule has 18 heavy (non-hydrogen) atoms. The number of thioether (sulfide) groups is 1. The molecule has 1 rings (SSSR count). The molecule has 3 nitrogen and oxygen atoms in total. The van der Waals surface area contributed by atoms with Gasteiger partial charge in [-0.15, -0.1) is 0 Å². The Balaban J connectivity index is 2.12. The van der Waals surface area contributed by atoms with Crippen LogP contribution >= 0.6 is 27.7 Å². The van der Waals surface area contributed by atoms with Crippen LogP contribution in [0.4, 0.5) is 0 Å². The fourth-order valence-corrected chi connectivity index (χ4v) is 2.27. The van der Waals surface area contributed by atoms with Crippen LogP contribution in [0.3, 0.4) is 0 Å². The average Bonchev–Trinajstić information content (AvgIpc) is 2.38. The summed E-state index contributed by atoms with van der Waals surface area (Å²) in [5.41, 5.74) is 0.612. The van der Waals surface area contributed by atoms with Crippen LogP contribution in [0, 0.1) is 0 Å². The molecule has 0 bridgehead atoms. The van der Waals surface area contributed by atoms with Crippen LogP contribution in [0.25, 0.3) is 0 Å². The molecule has 1 aromatic heterocycles. The lowest BCUT2D eigenvalue weighted by Gasteiger charge is -2.05. The van der Waals surface area contributed by atoms with Crippen LogP contribution in [-0.4, -0.2) is 29.4 Å². The number of nitrogens with one attached hydrogen (secondary N) is 1. The van der Waals surface area contributed by atoms with Gasteiger partial charge in [0.15, 0.2) is 0 Å². The minimum absolute atomic E-state index is 0.0425. The third-order valence-electron chi connectivity index (χ3n) is 2.55. The van der Waals surface area contributed by atoms with Gasteiger partial charge in [0, 0.05) is 12.7 Å². The van der Waals surface area contributed by atoms with E-state index in [1.807, 2.05) is 11.8 Å². The largest absolute Gasteiger partial charge is 0.352 e. The zero-order valence-electron chi connectivity index (χ0n) is 10.6. The standard InChI is InChI=1S/C13H19BrN2OS/c1-18-9-5-3-2-4-8-15-13(17)11-6-7-12(14)16-10-11/h6-7,10H,2-5,8-9H2,1H3,(H,15,17). The number of nitrogens with zero attached hydrogens (tertiary/aromatic N) is 1. The Labute approximate surface area is 121 Å². The van der Waals surface area contributed by atoms with Crippen LogP contribution < -0.4 is 5.32 Å². The number of halogens is 1. The first kappa shape index (κ1) is 15.5. The van der Waals surface area contributed by atoms with E-state index in [0.717, 1.165) is 17.6 Å². The monoisotopic (exact) mass is 330 g/mol. The molecule has 1 heterocycles. The van der Waals surface area contributed by atoms with E-state index >= 15 is 0 Å². The minimum Gasteiger partial charge on any atom is -0.352 e. The van der Waals surface area contributed by atoms with Gasteiger partial charge in [0.2, 0.25) is 0 Å². The Morgan fingerprint density at radius 1 is 1.33 bits per heavy atom. The summed E-state index contributed by atoms with van der Waals surface area (Å²) in [6.45, 7) is 0.744. The predicted molar refractivity (Wildman–Crippen MR) is 81.1 cm³/mol. The normalized spacial score (nSPS) is 10.3. The van der Waals surface area contributed by atoms with Crippen LogP contribution in [-0.2, 0) is 0 Å². The van der Waals surface area contributed by atoms with Gasteiger partial charge in [-0.05, 0) is 52.9 Å². The highest BCUT2D eigenvalue weighted by Crippen LogP contribution is 2.07. The summed E-state index contributed by atoms with van der Waals surface area (Å²) in [5, 5.41) is 2.91. The van der Waals surface area contributed by atoms with Gasteiger partial charge in [0.1, 0.15) is 4.60 Å². The molecule has 1 amide bonds. The maximum absolute atomic E-state index is 11.7. The van der Waals surface area contributed by atoms with Crippen LogP contribution in [0.2, 0.25) is 0 Å². The first-order chi connectivity index (χ1) is 8.74. The highest BCUT2D eigenvalue weighted by Gasteiger charge is 2.04. The third kappa shape index (κ3) is 6.40. The summed E-state index contributed by atoms with van der Waals surface area (Å²) < 4.78 is 0.743. The zero-order valence-corrected chi connectivity index (χ0v) is 13.0. The Morgan fingerprint density at radius 3 is 2.78 bits per heavy atom. The summed E-state index contributed by atoms with van der Waals surface area (Å²) in [6.07, 6.45) is 8.45. The lowest BCUT2D eigenvalue weighted by atomic mass is 10.2. The molecule has 0 unspecified atom stereocenters. The third-order valence-corrected chi connectivity index (χ3v) is 3.72. The highest BCUT2D eigenvalue weighted by atomic mass is 79.9. The predicted octanol–water partition coefficient (Wildman–Crippen LogP) is 3.50. The Hall–Kier alpha value is -0.550. The Kier molecular flexibility index (Phi) is 8.09. The molecule has 0 saturated heterocycles. The molecule has 0 aliphatic carbocycles.